The van der Waals surface area contributed by atoms with Crippen LogP contribution in [0.1, 0.15) is 5.69 Å². The zero-order valence-electron chi connectivity index (χ0n) is 8.70. The number of benzene rings is 1. The average Bonchev–Trinajstić information content (AvgIpc) is 2.80. The first-order chi connectivity index (χ1) is 8.15. The Kier molecular flexibility index (Phi) is 2.75. The average molecular weight is 236 g/mol. The summed E-state index contributed by atoms with van der Waals surface area (Å²) in [5.74, 6) is -1.66. The second-order valence-corrected chi connectivity index (χ2v) is 3.15. The van der Waals surface area contributed by atoms with Crippen molar-refractivity contribution in [1.29, 1.82) is 5.26 Å². The van der Waals surface area contributed by atoms with Gasteiger partial charge in [-0.25, -0.2) is 8.78 Å². The molecule has 0 atom stereocenters. The fourth-order valence-electron chi connectivity index (χ4n) is 1.33. The van der Waals surface area contributed by atoms with Crippen molar-refractivity contribution in [3.63, 3.8) is 0 Å². The Hall–Kier alpha value is -2.42. The molecular formula is C11H6F2N2O2. The number of rotatable bonds is 2. The lowest BCUT2D eigenvalue weighted by atomic mass is 10.1. The van der Waals surface area contributed by atoms with Crippen LogP contribution in [-0.2, 0) is 0 Å². The van der Waals surface area contributed by atoms with Crippen molar-refractivity contribution >= 4 is 0 Å². The molecule has 0 saturated carbocycles. The Morgan fingerprint density at radius 2 is 2.06 bits per heavy atom. The number of halogens is 2. The minimum Gasteiger partial charge on any atom is -0.494 e. The lowest BCUT2D eigenvalue weighted by molar-refractivity contribution is 0.382. The van der Waals surface area contributed by atoms with Gasteiger partial charge in [0, 0.05) is 12.1 Å². The highest BCUT2D eigenvalue weighted by Crippen LogP contribution is 2.29. The minimum atomic E-state index is -0.723. The third-order valence-corrected chi connectivity index (χ3v) is 2.13. The molecule has 1 aromatic heterocycles. The zero-order chi connectivity index (χ0) is 12.4. The van der Waals surface area contributed by atoms with Crippen LogP contribution in [0.2, 0.25) is 0 Å². The molecule has 1 heterocycles. The molecule has 0 spiro atoms. The summed E-state index contributed by atoms with van der Waals surface area (Å²) in [5.41, 5.74) is -0.118. The fourth-order valence-corrected chi connectivity index (χ4v) is 1.33. The molecule has 0 aliphatic carbocycles. The Balaban J connectivity index is 2.53. The van der Waals surface area contributed by atoms with Crippen LogP contribution in [0, 0.1) is 23.0 Å². The van der Waals surface area contributed by atoms with E-state index in [0.717, 1.165) is 12.1 Å². The number of aromatic nitrogens is 1. The number of methoxy groups -OCH3 is 1. The molecule has 0 bridgehead atoms. The Morgan fingerprint density at radius 3 is 2.65 bits per heavy atom. The van der Waals surface area contributed by atoms with Gasteiger partial charge in [0.25, 0.3) is 0 Å². The van der Waals surface area contributed by atoms with Crippen LogP contribution in [0.4, 0.5) is 8.78 Å². The zero-order valence-corrected chi connectivity index (χ0v) is 8.70. The van der Waals surface area contributed by atoms with Gasteiger partial charge in [0.05, 0.1) is 12.7 Å². The van der Waals surface area contributed by atoms with Crippen molar-refractivity contribution in [2.24, 2.45) is 0 Å². The van der Waals surface area contributed by atoms with Gasteiger partial charge in [-0.15, -0.1) is 0 Å². The molecular weight excluding hydrogens is 230 g/mol. The molecule has 0 unspecified atom stereocenters. The summed E-state index contributed by atoms with van der Waals surface area (Å²) in [4.78, 5) is 0. The molecule has 0 aliphatic heterocycles. The quantitative estimate of drug-likeness (QED) is 0.803. The van der Waals surface area contributed by atoms with Gasteiger partial charge < -0.3 is 9.26 Å². The van der Waals surface area contributed by atoms with Crippen LogP contribution in [-0.4, -0.2) is 12.3 Å². The van der Waals surface area contributed by atoms with E-state index in [2.05, 4.69) is 9.89 Å². The second kappa shape index (κ2) is 4.22. The van der Waals surface area contributed by atoms with Crippen LogP contribution < -0.4 is 4.74 Å². The summed E-state index contributed by atoms with van der Waals surface area (Å²) in [5, 5.41) is 11.9. The Bertz CT molecular complexity index is 602. The highest BCUT2D eigenvalue weighted by Gasteiger charge is 2.15. The molecule has 2 aromatic rings. The molecule has 2 rings (SSSR count). The smallest absolute Gasteiger partial charge is 0.184 e. The summed E-state index contributed by atoms with van der Waals surface area (Å²) in [6.45, 7) is 0. The van der Waals surface area contributed by atoms with E-state index in [4.69, 9.17) is 9.78 Å². The third kappa shape index (κ3) is 1.95. The maximum absolute atomic E-state index is 13.6. The number of nitriles is 1. The summed E-state index contributed by atoms with van der Waals surface area (Å²) in [6, 6.07) is 4.78. The summed E-state index contributed by atoms with van der Waals surface area (Å²) in [6.07, 6.45) is 0. The first-order valence-electron chi connectivity index (χ1n) is 4.56. The van der Waals surface area contributed by atoms with Gasteiger partial charge in [0.2, 0.25) is 0 Å². The van der Waals surface area contributed by atoms with Crippen LogP contribution >= 0.6 is 0 Å². The Labute approximate surface area is 95.0 Å². The molecule has 6 heteroatoms. The first kappa shape index (κ1) is 11.1. The van der Waals surface area contributed by atoms with Gasteiger partial charge in [-0.05, 0) is 6.07 Å². The third-order valence-electron chi connectivity index (χ3n) is 2.13. The van der Waals surface area contributed by atoms with Crippen molar-refractivity contribution in [3.05, 3.63) is 35.5 Å². The van der Waals surface area contributed by atoms with Crippen LogP contribution in [0.5, 0.6) is 5.75 Å². The van der Waals surface area contributed by atoms with Gasteiger partial charge in [-0.3, -0.25) is 0 Å². The van der Waals surface area contributed by atoms with Crippen LogP contribution in [0.25, 0.3) is 11.3 Å². The molecule has 0 amide bonds. The standard InChI is InChI=1S/C11H6F2N2O2/c1-16-11-4-8(12)7(3-9(11)13)10-2-6(5-14)15-17-10/h2-4H,1H3. The van der Waals surface area contributed by atoms with Gasteiger partial charge in [-0.1, -0.05) is 5.16 Å². The lowest BCUT2D eigenvalue weighted by Gasteiger charge is -2.04. The molecule has 1 aromatic carbocycles. The summed E-state index contributed by atoms with van der Waals surface area (Å²) in [7, 11) is 1.24. The van der Waals surface area contributed by atoms with Crippen molar-refractivity contribution in [1.82, 2.24) is 5.16 Å². The fraction of sp³-hybridized carbons (Fsp3) is 0.0909. The monoisotopic (exact) mass is 236 g/mol. The van der Waals surface area contributed by atoms with Gasteiger partial charge in [0.15, 0.2) is 23.0 Å². The molecule has 0 aliphatic rings. The van der Waals surface area contributed by atoms with Crippen molar-refractivity contribution < 1.29 is 18.0 Å². The van der Waals surface area contributed by atoms with E-state index in [1.807, 2.05) is 0 Å². The van der Waals surface area contributed by atoms with Crippen LogP contribution in [0.3, 0.4) is 0 Å². The van der Waals surface area contributed by atoms with E-state index in [0.29, 0.717) is 0 Å². The Morgan fingerprint density at radius 1 is 1.29 bits per heavy atom. The highest BCUT2D eigenvalue weighted by atomic mass is 19.1. The highest BCUT2D eigenvalue weighted by molar-refractivity contribution is 5.60. The van der Waals surface area contributed by atoms with E-state index >= 15 is 0 Å². The number of nitrogens with zero attached hydrogens (tertiary/aromatic N) is 2. The van der Waals surface area contributed by atoms with E-state index in [-0.39, 0.29) is 22.8 Å². The molecule has 0 radical (unpaired) electrons. The molecule has 17 heavy (non-hydrogen) atoms. The van der Waals surface area contributed by atoms with E-state index < -0.39 is 11.6 Å². The van der Waals surface area contributed by atoms with Gasteiger partial charge in [0.1, 0.15) is 11.9 Å². The van der Waals surface area contributed by atoms with Gasteiger partial charge >= 0.3 is 0 Å². The topological polar surface area (TPSA) is 59.0 Å². The van der Waals surface area contributed by atoms with Crippen LogP contribution in [0.15, 0.2) is 22.7 Å². The number of hydrogen-bond donors (Lipinski definition) is 0. The SMILES string of the molecule is COc1cc(F)c(-c2cc(C#N)no2)cc1F. The maximum atomic E-state index is 13.6. The number of ether oxygens (including phenoxy) is 1. The minimum absolute atomic E-state index is 0.00405. The first-order valence-corrected chi connectivity index (χ1v) is 4.56. The predicted molar refractivity (Wildman–Crippen MR) is 53.1 cm³/mol. The summed E-state index contributed by atoms with van der Waals surface area (Å²) < 4.78 is 36.3. The maximum Gasteiger partial charge on any atom is 0.184 e. The van der Waals surface area contributed by atoms with E-state index in [1.54, 1.807) is 6.07 Å². The molecule has 86 valence electrons. The van der Waals surface area contributed by atoms with Gasteiger partial charge in [-0.2, -0.15) is 5.26 Å². The predicted octanol–water partition coefficient (Wildman–Crippen LogP) is 2.50. The largest absolute Gasteiger partial charge is 0.494 e. The lowest BCUT2D eigenvalue weighted by Crippen LogP contribution is -1.92. The van der Waals surface area contributed by atoms with Crippen molar-refractivity contribution in [2.45, 2.75) is 0 Å². The normalized spacial score (nSPS) is 10.0. The molecule has 4 nitrogen and oxygen atoms in total. The molecule has 0 N–H and O–H groups in total. The second-order valence-electron chi connectivity index (χ2n) is 3.15. The molecule has 0 saturated heterocycles. The van der Waals surface area contributed by atoms with E-state index in [9.17, 15) is 8.78 Å². The summed E-state index contributed by atoms with van der Waals surface area (Å²) >= 11 is 0. The van der Waals surface area contributed by atoms with Crippen molar-refractivity contribution in [2.75, 3.05) is 7.11 Å². The van der Waals surface area contributed by atoms with E-state index in [1.165, 1.54) is 13.2 Å². The molecule has 0 fully saturated rings. The number of hydrogen-bond acceptors (Lipinski definition) is 4. The van der Waals surface area contributed by atoms with Crippen molar-refractivity contribution in [3.8, 4) is 23.1 Å².